The van der Waals surface area contributed by atoms with Gasteiger partial charge in [0.05, 0.1) is 0 Å². The van der Waals surface area contributed by atoms with Gasteiger partial charge >= 0.3 is 105 Å². The van der Waals surface area contributed by atoms with E-state index in [9.17, 15) is 0 Å². The van der Waals surface area contributed by atoms with Crippen LogP contribution in [0.3, 0.4) is 0 Å². The van der Waals surface area contributed by atoms with E-state index in [-0.39, 0.29) is 33.6 Å². The molecule has 0 unspecified atom stereocenters. The summed E-state index contributed by atoms with van der Waals surface area (Å²) in [5.74, 6) is 0. The Labute approximate surface area is 104 Å². The van der Waals surface area contributed by atoms with E-state index < -0.39 is 9.82 Å². The third-order valence-electron chi connectivity index (χ3n) is 0.940. The Balaban J connectivity index is -0.000000605. The molecular weight excluding hydrogens is 339 g/mol. The number of nitrogens with zero attached hydrogens (tertiary/aromatic N) is 5. The van der Waals surface area contributed by atoms with Crippen LogP contribution >= 0.6 is 10.1 Å². The molecule has 2 radical (unpaired) electrons. The fourth-order valence-corrected chi connectivity index (χ4v) is 0.729. The second-order valence-electron chi connectivity index (χ2n) is 1.61. The van der Waals surface area contributed by atoms with Crippen molar-refractivity contribution in [3.63, 3.8) is 0 Å². The van der Waals surface area contributed by atoms with Crippen LogP contribution in [0, 0.1) is 51.1 Å². The maximum atomic E-state index is 8.48. The molecule has 78 valence electrons. The molecule has 14 heavy (non-hydrogen) atoms. The van der Waals surface area contributed by atoms with Crippen LogP contribution in [0.5, 0.6) is 0 Å². The van der Waals surface area contributed by atoms with Gasteiger partial charge in [0.15, 0.2) is 0 Å². The van der Waals surface area contributed by atoms with Crippen LogP contribution in [0.1, 0.15) is 0 Å². The van der Waals surface area contributed by atoms with E-state index in [1.165, 1.54) is 0 Å². The quantitative estimate of drug-likeness (QED) is 0.604. The monoisotopic (exact) mass is 339 g/mol. The van der Waals surface area contributed by atoms with Crippen LogP contribution < -0.4 is 0 Å². The van der Waals surface area contributed by atoms with Crippen molar-refractivity contribution >= 4 is 10.1 Å². The topological polar surface area (TPSA) is 119 Å². The molecule has 0 atom stereocenters. The summed E-state index contributed by atoms with van der Waals surface area (Å²) in [6.45, 7) is 0. The van der Waals surface area contributed by atoms with E-state index in [0.717, 1.165) is 24.8 Å². The van der Waals surface area contributed by atoms with Crippen molar-refractivity contribution in [1.29, 1.82) is 26.3 Å². The standard InChI is InChI=1S/5CN.ClH.2Co.Fe/c5*1-2;;;;/h;;;;;1H;;;/q;;;;;;2*+2;-3/p-1. The van der Waals surface area contributed by atoms with Crippen LogP contribution in [0.15, 0.2) is 0 Å². The summed E-state index contributed by atoms with van der Waals surface area (Å²) in [4.78, 5) is 5.35. The van der Waals surface area contributed by atoms with Crippen molar-refractivity contribution in [3.05, 3.63) is 0 Å². The molecule has 0 aliphatic carbocycles. The third-order valence-corrected chi connectivity index (χ3v) is 5.11. The predicted molar refractivity (Wildman–Crippen MR) is 33.9 cm³/mol. The van der Waals surface area contributed by atoms with Crippen LogP contribution in [0.4, 0.5) is 0 Å². The molecule has 0 saturated carbocycles. The molecule has 0 aromatic rings. The molecule has 0 spiro atoms. The molecule has 0 bridgehead atoms. The molecule has 0 amide bonds. The fourth-order valence-electron chi connectivity index (χ4n) is 0.177. The smallest absolute Gasteiger partial charge is 2.00 e. The summed E-state index contributed by atoms with van der Waals surface area (Å²) in [5.41, 5.74) is 0. The maximum Gasteiger partial charge on any atom is 2.00 e. The van der Waals surface area contributed by atoms with Gasteiger partial charge in [0.1, 0.15) is 0 Å². The Morgan fingerprint density at radius 2 is 0.786 bits per heavy atom. The summed E-state index contributed by atoms with van der Waals surface area (Å²) < 4.78 is 0. The first-order chi connectivity index (χ1) is 5.39. The summed E-state index contributed by atoms with van der Waals surface area (Å²) in [6.07, 6.45) is 0. The van der Waals surface area contributed by atoms with Gasteiger partial charge in [-0.2, -0.15) is 0 Å². The minimum absolute atomic E-state index is 0. The Kier molecular flexibility index (Phi) is 5.68. The third kappa shape index (κ3) is 2.02. The molecule has 0 aliphatic heterocycles. The first-order valence-electron chi connectivity index (χ1n) is 2.14. The molecule has 5 nitrogen and oxygen atoms in total. The van der Waals surface area contributed by atoms with Crippen LogP contribution in [0.2, 0.25) is 0 Å². The minimum Gasteiger partial charge on any atom is 2.00 e. The zero-order chi connectivity index (χ0) is 9.94. The average molecular weight is 339 g/mol. The van der Waals surface area contributed by atoms with E-state index >= 15 is 0 Å². The first kappa shape index (κ1) is 18.9. The normalized spacial score (nSPS) is 12.3. The number of halogens is 1. The summed E-state index contributed by atoms with van der Waals surface area (Å²) >= 11 is 0. The SMILES string of the molecule is N#[C][Fe-4]([Cl])([C]#N)([C]#N)([C]#N)[C]#N.[Co+2].[Co+2]. The molecule has 0 saturated heterocycles. The van der Waals surface area contributed by atoms with Gasteiger partial charge in [-0.15, -0.1) is 0 Å². The molecular formula is C5ClCo2FeN5. The predicted octanol–water partition coefficient (Wildman–Crippen LogP) is 0.766. The molecule has 0 aromatic carbocycles. The Bertz CT molecular complexity index is 360. The van der Waals surface area contributed by atoms with Gasteiger partial charge in [0, 0.05) is 0 Å². The molecule has 0 N–H and O–H groups in total. The number of hydrogen-bond donors (Lipinski definition) is 0. The first-order valence-corrected chi connectivity index (χ1v) is 6.42. The maximum absolute atomic E-state index is 8.48. The van der Waals surface area contributed by atoms with Crippen molar-refractivity contribution < 1.29 is 43.4 Å². The van der Waals surface area contributed by atoms with Gasteiger partial charge in [-0.05, 0) is 0 Å². The van der Waals surface area contributed by atoms with Crippen molar-refractivity contribution in [3.8, 4) is 24.8 Å². The second-order valence-corrected chi connectivity index (χ2v) is 9.41. The van der Waals surface area contributed by atoms with Crippen LogP contribution in [-0.2, 0) is 43.4 Å². The van der Waals surface area contributed by atoms with Gasteiger partial charge in [0.2, 0.25) is 0 Å². The zero-order valence-electron chi connectivity index (χ0n) is 6.13. The van der Waals surface area contributed by atoms with E-state index in [1.54, 1.807) is 0 Å². The number of hydrogen-bond acceptors (Lipinski definition) is 5. The van der Waals surface area contributed by atoms with Crippen molar-refractivity contribution in [2.45, 2.75) is 0 Å². The van der Waals surface area contributed by atoms with E-state index in [4.69, 9.17) is 36.4 Å². The Morgan fingerprint density at radius 3 is 0.786 bits per heavy atom. The second kappa shape index (κ2) is 4.20. The van der Waals surface area contributed by atoms with Gasteiger partial charge in [0.25, 0.3) is 0 Å². The van der Waals surface area contributed by atoms with Crippen molar-refractivity contribution in [2.75, 3.05) is 0 Å². The minimum atomic E-state index is -5.96. The molecule has 0 aromatic heterocycles. The van der Waals surface area contributed by atoms with Crippen LogP contribution in [0.25, 0.3) is 0 Å². The van der Waals surface area contributed by atoms with E-state index in [1.807, 2.05) is 0 Å². The largest absolute Gasteiger partial charge is 2.00 e. The van der Waals surface area contributed by atoms with Gasteiger partial charge in [-0.3, -0.25) is 0 Å². The van der Waals surface area contributed by atoms with Crippen molar-refractivity contribution in [1.82, 2.24) is 0 Å². The molecule has 0 heterocycles. The van der Waals surface area contributed by atoms with Gasteiger partial charge < -0.3 is 0 Å². The van der Waals surface area contributed by atoms with Gasteiger partial charge in [-0.25, -0.2) is 0 Å². The van der Waals surface area contributed by atoms with Gasteiger partial charge in [-0.1, -0.05) is 0 Å². The molecule has 0 rings (SSSR count). The zero-order valence-corrected chi connectivity index (χ0v) is 10.1. The van der Waals surface area contributed by atoms with Crippen LogP contribution in [-0.4, -0.2) is 0 Å². The summed E-state index contributed by atoms with van der Waals surface area (Å²) in [7, 11) is -0.640. The van der Waals surface area contributed by atoms with E-state index in [2.05, 4.69) is 0 Å². The molecule has 0 fully saturated rings. The van der Waals surface area contributed by atoms with E-state index in [0.29, 0.717) is 0 Å². The Hall–Kier alpha value is -0.728. The number of nitriles is 5. The molecule has 9 heteroatoms. The summed E-state index contributed by atoms with van der Waals surface area (Å²) in [5, 5.41) is 42.4. The average Bonchev–Trinajstić information content (AvgIpc) is 2.19. The summed E-state index contributed by atoms with van der Waals surface area (Å²) in [6, 6.07) is 0. The molecule has 0 aliphatic rings. The fraction of sp³-hybridized carbons (Fsp3) is 0. The van der Waals surface area contributed by atoms with Crippen molar-refractivity contribution in [2.24, 2.45) is 0 Å². The number of rotatable bonds is 0. The Morgan fingerprint density at radius 1 is 0.643 bits per heavy atom.